The van der Waals surface area contributed by atoms with Gasteiger partial charge in [-0.1, -0.05) is 46.0 Å². The molecule has 0 bridgehead atoms. The summed E-state index contributed by atoms with van der Waals surface area (Å²) in [6.07, 6.45) is -1.56. The number of amides is 3. The van der Waals surface area contributed by atoms with E-state index in [0.29, 0.717) is 10.1 Å². The van der Waals surface area contributed by atoms with E-state index in [1.165, 1.54) is 16.8 Å². The Morgan fingerprint density at radius 1 is 1.11 bits per heavy atom. The molecule has 0 aliphatic heterocycles. The summed E-state index contributed by atoms with van der Waals surface area (Å²) in [4.78, 5) is 37.2. The zero-order valence-corrected chi connectivity index (χ0v) is 17.8. The Hall–Kier alpha value is -2.11. The van der Waals surface area contributed by atoms with Crippen molar-refractivity contribution in [3.63, 3.8) is 0 Å². The Bertz CT molecular complexity index is 700. The van der Waals surface area contributed by atoms with Crippen molar-refractivity contribution in [2.75, 3.05) is 5.32 Å². The molecule has 3 atom stereocenters. The van der Waals surface area contributed by atoms with Crippen LogP contribution in [-0.4, -0.2) is 50.4 Å². The van der Waals surface area contributed by atoms with Crippen molar-refractivity contribution in [2.24, 2.45) is 17.3 Å². The van der Waals surface area contributed by atoms with Crippen LogP contribution in [0.25, 0.3) is 0 Å². The van der Waals surface area contributed by atoms with Gasteiger partial charge in [0.15, 0.2) is 0 Å². The Kier molecular flexibility index (Phi) is 8.46. The van der Waals surface area contributed by atoms with E-state index < -0.39 is 41.2 Å². The molecule has 0 radical (unpaired) electrons. The molecular formula is C17H29N5O5S. The van der Waals surface area contributed by atoms with Crippen molar-refractivity contribution in [3.8, 4) is 0 Å². The van der Waals surface area contributed by atoms with Gasteiger partial charge in [-0.2, -0.15) is 0 Å². The molecule has 1 heterocycles. The van der Waals surface area contributed by atoms with Crippen molar-refractivity contribution in [2.45, 2.75) is 60.1 Å². The van der Waals surface area contributed by atoms with E-state index in [4.69, 9.17) is 5.21 Å². The number of nitrogens with one attached hydrogen (secondary N) is 3. The number of aliphatic hydroxyl groups excluding tert-OH is 1. The van der Waals surface area contributed by atoms with Gasteiger partial charge in [-0.25, -0.2) is 5.48 Å². The quantitative estimate of drug-likeness (QED) is 0.311. The van der Waals surface area contributed by atoms with E-state index in [-0.39, 0.29) is 12.3 Å². The minimum Gasteiger partial charge on any atom is -0.382 e. The first-order valence-corrected chi connectivity index (χ1v) is 9.71. The number of nitrogens with zero attached hydrogens (tertiary/aromatic N) is 2. The second kappa shape index (κ2) is 9.89. The van der Waals surface area contributed by atoms with Gasteiger partial charge in [-0.15, -0.1) is 10.2 Å². The molecule has 5 N–H and O–H groups in total. The predicted octanol–water partition coefficient (Wildman–Crippen LogP) is 0.845. The van der Waals surface area contributed by atoms with Gasteiger partial charge in [-0.05, 0) is 24.7 Å². The number of hydroxylamine groups is 1. The number of hydrogen-bond acceptors (Lipinski definition) is 8. The van der Waals surface area contributed by atoms with Crippen LogP contribution in [-0.2, 0) is 14.4 Å². The normalized spacial score (nSPS) is 14.9. The van der Waals surface area contributed by atoms with Crippen molar-refractivity contribution >= 4 is 34.2 Å². The van der Waals surface area contributed by atoms with Crippen LogP contribution in [0, 0.1) is 24.2 Å². The molecule has 10 nitrogen and oxygen atoms in total. The van der Waals surface area contributed by atoms with E-state index >= 15 is 0 Å². The average molecular weight is 416 g/mol. The first-order valence-electron chi connectivity index (χ1n) is 8.90. The Balaban J connectivity index is 3.02. The van der Waals surface area contributed by atoms with Crippen molar-refractivity contribution in [1.82, 2.24) is 21.0 Å². The first-order chi connectivity index (χ1) is 12.9. The van der Waals surface area contributed by atoms with Crippen LogP contribution in [0.1, 0.15) is 46.0 Å². The lowest BCUT2D eigenvalue weighted by Crippen LogP contribution is -2.55. The lowest BCUT2D eigenvalue weighted by atomic mass is 9.84. The fraction of sp³-hybridized carbons (Fsp3) is 0.706. The smallest absolute Gasteiger partial charge is 0.272 e. The summed E-state index contributed by atoms with van der Waals surface area (Å²) in [5.41, 5.74) is 0.692. The van der Waals surface area contributed by atoms with Gasteiger partial charge in [0.25, 0.3) is 5.91 Å². The summed E-state index contributed by atoms with van der Waals surface area (Å²) in [7, 11) is 0. The van der Waals surface area contributed by atoms with Crippen molar-refractivity contribution in [3.05, 3.63) is 5.01 Å². The largest absolute Gasteiger partial charge is 0.382 e. The highest BCUT2D eigenvalue weighted by Crippen LogP contribution is 2.24. The van der Waals surface area contributed by atoms with Gasteiger partial charge in [0.1, 0.15) is 17.2 Å². The molecule has 0 saturated heterocycles. The van der Waals surface area contributed by atoms with E-state index in [9.17, 15) is 19.5 Å². The molecule has 0 aliphatic rings. The van der Waals surface area contributed by atoms with Crippen LogP contribution >= 0.6 is 11.3 Å². The highest BCUT2D eigenvalue weighted by atomic mass is 32.1. The van der Waals surface area contributed by atoms with Gasteiger partial charge < -0.3 is 10.4 Å². The maximum Gasteiger partial charge on any atom is 0.272 e. The van der Waals surface area contributed by atoms with Crippen molar-refractivity contribution < 1.29 is 24.7 Å². The Morgan fingerprint density at radius 3 is 2.14 bits per heavy atom. The van der Waals surface area contributed by atoms with Crippen LogP contribution in [0.5, 0.6) is 0 Å². The molecular weight excluding hydrogens is 386 g/mol. The third-order valence-corrected chi connectivity index (χ3v) is 4.75. The molecule has 1 aromatic heterocycles. The second-order valence-electron chi connectivity index (χ2n) is 8.08. The highest BCUT2D eigenvalue weighted by Gasteiger charge is 2.38. The average Bonchev–Trinajstić information content (AvgIpc) is 2.99. The van der Waals surface area contributed by atoms with Crippen LogP contribution in [0.4, 0.5) is 5.13 Å². The third kappa shape index (κ3) is 6.80. The zero-order valence-electron chi connectivity index (χ0n) is 16.9. The molecule has 1 rings (SSSR count). The Morgan fingerprint density at radius 2 is 1.71 bits per heavy atom. The Labute approximate surface area is 168 Å². The molecule has 0 aromatic carbocycles. The van der Waals surface area contributed by atoms with Crippen LogP contribution in [0.15, 0.2) is 0 Å². The number of anilines is 1. The van der Waals surface area contributed by atoms with Crippen LogP contribution in [0.3, 0.4) is 0 Å². The van der Waals surface area contributed by atoms with Gasteiger partial charge in [0, 0.05) is 0 Å². The monoisotopic (exact) mass is 415 g/mol. The number of hydrogen-bond donors (Lipinski definition) is 5. The first kappa shape index (κ1) is 23.9. The van der Waals surface area contributed by atoms with E-state index in [1.807, 2.05) is 13.8 Å². The summed E-state index contributed by atoms with van der Waals surface area (Å²) in [6.45, 7) is 10.7. The van der Waals surface area contributed by atoms with Gasteiger partial charge >= 0.3 is 0 Å². The highest BCUT2D eigenvalue weighted by molar-refractivity contribution is 7.15. The summed E-state index contributed by atoms with van der Waals surface area (Å²) < 4.78 is 0. The third-order valence-electron chi connectivity index (χ3n) is 3.99. The summed E-state index contributed by atoms with van der Waals surface area (Å²) in [5.74, 6) is -3.37. The van der Waals surface area contributed by atoms with Crippen LogP contribution in [0.2, 0.25) is 0 Å². The molecule has 2 unspecified atom stereocenters. The minimum atomic E-state index is -1.75. The van der Waals surface area contributed by atoms with E-state index in [2.05, 4.69) is 20.8 Å². The molecule has 0 fully saturated rings. The van der Waals surface area contributed by atoms with Gasteiger partial charge in [0.05, 0.1) is 5.92 Å². The maximum absolute atomic E-state index is 12.8. The number of carbonyl (C=O) groups is 3. The molecule has 1 aromatic rings. The predicted molar refractivity (Wildman–Crippen MR) is 104 cm³/mol. The standard InChI is InChI=1S/C17H29N5O5S/c1-8(2)7-10(11(23)14(25)22-27)13(24)18-12(17(4,5)6)15(26)19-16-21-20-9(3)28-16/h8,10-12,23,27H,7H2,1-6H3,(H,18,24)(H,22,25)(H,19,21,26)/t10-,11?,12?/m1/s1. The zero-order chi connectivity index (χ0) is 21.6. The number of aryl methyl sites for hydroxylation is 1. The lowest BCUT2D eigenvalue weighted by Gasteiger charge is -2.32. The topological polar surface area (TPSA) is 154 Å². The molecule has 28 heavy (non-hydrogen) atoms. The molecule has 0 saturated carbocycles. The number of carbonyl (C=O) groups excluding carboxylic acids is 3. The second-order valence-corrected chi connectivity index (χ2v) is 9.26. The molecule has 11 heteroatoms. The summed E-state index contributed by atoms with van der Waals surface area (Å²) in [5, 5.41) is 32.8. The van der Waals surface area contributed by atoms with E-state index in [1.54, 1.807) is 27.7 Å². The number of aromatic nitrogens is 2. The van der Waals surface area contributed by atoms with Gasteiger partial charge in [-0.3, -0.25) is 24.9 Å². The molecule has 158 valence electrons. The number of aliphatic hydroxyl groups is 1. The fourth-order valence-corrected chi connectivity index (χ4v) is 3.18. The fourth-order valence-electron chi connectivity index (χ4n) is 2.59. The summed E-state index contributed by atoms with van der Waals surface area (Å²) >= 11 is 1.20. The number of rotatable bonds is 8. The van der Waals surface area contributed by atoms with Crippen LogP contribution < -0.4 is 16.1 Å². The van der Waals surface area contributed by atoms with E-state index in [0.717, 1.165) is 0 Å². The molecule has 0 spiro atoms. The lowest BCUT2D eigenvalue weighted by molar-refractivity contribution is -0.147. The molecule has 3 amide bonds. The van der Waals surface area contributed by atoms with Crippen molar-refractivity contribution in [1.29, 1.82) is 0 Å². The maximum atomic E-state index is 12.8. The molecule has 0 aliphatic carbocycles. The summed E-state index contributed by atoms with van der Waals surface area (Å²) in [6, 6.07) is -0.955. The van der Waals surface area contributed by atoms with Gasteiger partial charge in [0.2, 0.25) is 16.9 Å². The SMILES string of the molecule is Cc1nnc(NC(=O)C(NC(=O)[C@H](CC(C)C)C(O)C(=O)NO)C(C)(C)C)s1. The minimum absolute atomic E-state index is 0.0109.